The minimum absolute atomic E-state index is 0.190. The van der Waals surface area contributed by atoms with Crippen molar-refractivity contribution in [3.05, 3.63) is 27.5 Å². The summed E-state index contributed by atoms with van der Waals surface area (Å²) in [6, 6.07) is 0.777. The molecule has 1 aromatic rings. The Labute approximate surface area is 99.7 Å². The summed E-state index contributed by atoms with van der Waals surface area (Å²) < 4.78 is 64.4. The van der Waals surface area contributed by atoms with Gasteiger partial charge in [-0.2, -0.15) is 0 Å². The molecule has 1 aromatic heterocycles. The van der Waals surface area contributed by atoms with E-state index in [4.69, 9.17) is 0 Å². The molecule has 0 saturated carbocycles. The van der Waals surface area contributed by atoms with Gasteiger partial charge in [0.25, 0.3) is 12.0 Å². The Bertz CT molecular complexity index is 456. The Morgan fingerprint density at radius 3 is 2.41 bits per heavy atom. The Hall–Kier alpha value is -1.12. The van der Waals surface area contributed by atoms with Crippen LogP contribution in [0.15, 0.2) is 10.9 Å². The van der Waals surface area contributed by atoms with Crippen molar-refractivity contribution in [3.63, 3.8) is 0 Å². The third kappa shape index (κ3) is 3.69. The van der Waals surface area contributed by atoms with Crippen LogP contribution in [-0.2, 0) is 5.33 Å². The van der Waals surface area contributed by atoms with Crippen molar-refractivity contribution in [3.8, 4) is 5.88 Å². The highest BCUT2D eigenvalue weighted by Crippen LogP contribution is 2.33. The molecule has 9 heteroatoms. The summed E-state index contributed by atoms with van der Waals surface area (Å²) in [5.74, 6) is -1.28. The molecule has 0 spiro atoms. The van der Waals surface area contributed by atoms with E-state index in [2.05, 4.69) is 20.7 Å². The average Bonchev–Trinajstić information content (AvgIpc) is 2.12. The summed E-state index contributed by atoms with van der Waals surface area (Å²) in [4.78, 5) is 12.6. The van der Waals surface area contributed by atoms with Crippen molar-refractivity contribution >= 4 is 15.9 Å². The molecule has 0 saturated heterocycles. The lowest BCUT2D eigenvalue weighted by Gasteiger charge is -2.14. The summed E-state index contributed by atoms with van der Waals surface area (Å²) in [6.07, 6.45) is -8.35. The highest BCUT2D eigenvalue weighted by molar-refractivity contribution is 9.08. The topological polar surface area (TPSA) is 42.1 Å². The van der Waals surface area contributed by atoms with Crippen LogP contribution in [0.3, 0.4) is 0 Å². The first kappa shape index (κ1) is 13.9. The van der Waals surface area contributed by atoms with Gasteiger partial charge in [0.15, 0.2) is 0 Å². The minimum atomic E-state index is -5.16. The Morgan fingerprint density at radius 2 is 2.00 bits per heavy atom. The van der Waals surface area contributed by atoms with Crippen LogP contribution in [0.2, 0.25) is 0 Å². The second-order valence-electron chi connectivity index (χ2n) is 2.88. The lowest BCUT2D eigenvalue weighted by atomic mass is 10.1. The van der Waals surface area contributed by atoms with Gasteiger partial charge in [-0.05, 0) is 5.56 Å². The molecule has 0 aromatic carbocycles. The van der Waals surface area contributed by atoms with E-state index in [1.54, 1.807) is 4.98 Å². The second-order valence-corrected chi connectivity index (χ2v) is 3.44. The van der Waals surface area contributed by atoms with E-state index in [0.29, 0.717) is 0 Å². The Balaban J connectivity index is 3.36. The van der Waals surface area contributed by atoms with E-state index in [1.807, 2.05) is 0 Å². The van der Waals surface area contributed by atoms with Crippen LogP contribution in [0.25, 0.3) is 0 Å². The van der Waals surface area contributed by atoms with Gasteiger partial charge in [0.2, 0.25) is 5.88 Å². The molecule has 0 unspecified atom stereocenters. The maximum atomic E-state index is 12.6. The minimum Gasteiger partial charge on any atom is -0.389 e. The standard InChI is InChI=1S/C8H5BrF5NO2/c9-2-3-1-4(16)15-7(5(3)6(10)11)17-8(12,13)14/h1,6H,2H2,(H,15,16). The number of ether oxygens (including phenoxy) is 1. The zero-order valence-corrected chi connectivity index (χ0v) is 9.53. The number of hydrogen-bond acceptors (Lipinski definition) is 2. The van der Waals surface area contributed by atoms with E-state index < -0.39 is 29.8 Å². The van der Waals surface area contributed by atoms with Gasteiger partial charge in [-0.15, -0.1) is 13.2 Å². The van der Waals surface area contributed by atoms with Crippen LogP contribution in [0, 0.1) is 0 Å². The summed E-state index contributed by atoms with van der Waals surface area (Å²) >= 11 is 2.80. The molecule has 0 amide bonds. The summed E-state index contributed by atoms with van der Waals surface area (Å²) in [7, 11) is 0. The van der Waals surface area contributed by atoms with E-state index in [1.165, 1.54) is 0 Å². The van der Waals surface area contributed by atoms with Crippen molar-refractivity contribution in [2.75, 3.05) is 0 Å². The molecule has 0 aliphatic carbocycles. The first-order valence-electron chi connectivity index (χ1n) is 4.10. The zero-order chi connectivity index (χ0) is 13.2. The van der Waals surface area contributed by atoms with E-state index in [9.17, 15) is 26.7 Å². The summed E-state index contributed by atoms with van der Waals surface area (Å²) in [6.45, 7) is 0. The summed E-state index contributed by atoms with van der Waals surface area (Å²) in [5, 5.41) is -0.190. The number of hydrogen-bond donors (Lipinski definition) is 1. The van der Waals surface area contributed by atoms with Crippen LogP contribution in [0.1, 0.15) is 17.6 Å². The molecule has 96 valence electrons. The molecule has 17 heavy (non-hydrogen) atoms. The lowest BCUT2D eigenvalue weighted by molar-refractivity contribution is -0.276. The molecular formula is C8H5BrF5NO2. The molecule has 0 aliphatic rings. The third-order valence-electron chi connectivity index (χ3n) is 1.71. The second kappa shape index (κ2) is 5.03. The number of H-pyrrole nitrogens is 1. The van der Waals surface area contributed by atoms with Gasteiger partial charge in [-0.25, -0.2) is 8.78 Å². The SMILES string of the molecule is O=c1cc(CBr)c(C(F)F)c(OC(F)(F)F)[nH]1. The smallest absolute Gasteiger partial charge is 0.389 e. The van der Waals surface area contributed by atoms with Crippen molar-refractivity contribution in [1.29, 1.82) is 0 Å². The van der Waals surface area contributed by atoms with Gasteiger partial charge >= 0.3 is 6.36 Å². The zero-order valence-electron chi connectivity index (χ0n) is 7.95. The van der Waals surface area contributed by atoms with Gasteiger partial charge in [-0.1, -0.05) is 15.9 Å². The van der Waals surface area contributed by atoms with Crippen LogP contribution in [0.4, 0.5) is 22.0 Å². The fourth-order valence-electron chi connectivity index (χ4n) is 1.14. The molecular weight excluding hydrogens is 317 g/mol. The van der Waals surface area contributed by atoms with Crippen LogP contribution in [0.5, 0.6) is 5.88 Å². The molecule has 0 aliphatic heterocycles. The van der Waals surface area contributed by atoms with Crippen molar-refractivity contribution in [2.45, 2.75) is 18.1 Å². The number of rotatable bonds is 3. The number of nitrogens with one attached hydrogen (secondary N) is 1. The first-order chi connectivity index (χ1) is 7.74. The largest absolute Gasteiger partial charge is 0.574 e. The maximum Gasteiger partial charge on any atom is 0.574 e. The molecule has 3 nitrogen and oxygen atoms in total. The predicted octanol–water partition coefficient (Wildman–Crippen LogP) is 3.11. The van der Waals surface area contributed by atoms with Gasteiger partial charge in [0.05, 0.1) is 5.56 Å². The maximum absolute atomic E-state index is 12.6. The number of pyridine rings is 1. The molecule has 1 heterocycles. The predicted molar refractivity (Wildman–Crippen MR) is 51.3 cm³/mol. The molecule has 1 rings (SSSR count). The van der Waals surface area contributed by atoms with Crippen LogP contribution < -0.4 is 10.3 Å². The highest BCUT2D eigenvalue weighted by Gasteiger charge is 2.34. The Morgan fingerprint density at radius 1 is 1.41 bits per heavy atom. The van der Waals surface area contributed by atoms with E-state index >= 15 is 0 Å². The van der Waals surface area contributed by atoms with Crippen molar-refractivity contribution in [1.82, 2.24) is 4.98 Å². The average molecular weight is 322 g/mol. The fraction of sp³-hybridized carbons (Fsp3) is 0.375. The highest BCUT2D eigenvalue weighted by atomic mass is 79.9. The third-order valence-corrected chi connectivity index (χ3v) is 2.32. The summed E-state index contributed by atoms with van der Waals surface area (Å²) in [5.41, 5.74) is -2.20. The lowest BCUT2D eigenvalue weighted by Crippen LogP contribution is -2.22. The number of aromatic amines is 1. The monoisotopic (exact) mass is 321 g/mol. The quantitative estimate of drug-likeness (QED) is 0.686. The van der Waals surface area contributed by atoms with Crippen LogP contribution in [-0.4, -0.2) is 11.3 Å². The normalized spacial score (nSPS) is 11.9. The first-order valence-corrected chi connectivity index (χ1v) is 5.22. The van der Waals surface area contributed by atoms with Crippen molar-refractivity contribution in [2.24, 2.45) is 0 Å². The molecule has 0 bridgehead atoms. The number of halogens is 6. The number of aromatic nitrogens is 1. The Kier molecular flexibility index (Phi) is 4.12. The van der Waals surface area contributed by atoms with Crippen molar-refractivity contribution < 1.29 is 26.7 Å². The van der Waals surface area contributed by atoms with Gasteiger partial charge in [0, 0.05) is 11.4 Å². The molecule has 0 fully saturated rings. The molecule has 0 atom stereocenters. The van der Waals surface area contributed by atoms with E-state index in [0.717, 1.165) is 6.07 Å². The van der Waals surface area contributed by atoms with Gasteiger partial charge in [0.1, 0.15) is 0 Å². The number of alkyl halides is 6. The van der Waals surface area contributed by atoms with Crippen LogP contribution >= 0.6 is 15.9 Å². The fourth-order valence-corrected chi connectivity index (χ4v) is 1.61. The van der Waals surface area contributed by atoms with Gasteiger partial charge in [-0.3, -0.25) is 9.78 Å². The molecule has 0 radical (unpaired) electrons. The van der Waals surface area contributed by atoms with E-state index in [-0.39, 0.29) is 10.9 Å². The molecule has 1 N–H and O–H groups in total. The van der Waals surface area contributed by atoms with Gasteiger partial charge < -0.3 is 4.74 Å².